The van der Waals surface area contributed by atoms with Crippen molar-refractivity contribution < 1.29 is 4.79 Å². The van der Waals surface area contributed by atoms with Gasteiger partial charge in [-0.25, -0.2) is 0 Å². The molecule has 98 valence electrons. The lowest BCUT2D eigenvalue weighted by Crippen LogP contribution is -2.23. The lowest BCUT2D eigenvalue weighted by molar-refractivity contribution is -0.116. The number of benzene rings is 1. The topological polar surface area (TPSA) is 29.1 Å². The average molecular weight is 336 g/mol. The Bertz CT molecular complexity index is 563. The van der Waals surface area contributed by atoms with Crippen LogP contribution in [0.1, 0.15) is 10.4 Å². The summed E-state index contributed by atoms with van der Waals surface area (Å²) in [6.45, 7) is 0.666. The molecule has 0 aliphatic heterocycles. The van der Waals surface area contributed by atoms with Crippen LogP contribution in [0.2, 0.25) is 0 Å². The van der Waals surface area contributed by atoms with Crippen molar-refractivity contribution in [2.75, 3.05) is 6.54 Å². The second-order valence-corrected chi connectivity index (χ2v) is 5.86. The summed E-state index contributed by atoms with van der Waals surface area (Å²) in [6.07, 6.45) is 4.26. The summed E-state index contributed by atoms with van der Waals surface area (Å²) in [5, 5.41) is 4.92. The maximum absolute atomic E-state index is 11.6. The van der Waals surface area contributed by atoms with Crippen LogP contribution in [-0.2, 0) is 11.2 Å². The number of halogens is 1. The highest BCUT2D eigenvalue weighted by molar-refractivity contribution is 9.10. The monoisotopic (exact) mass is 335 g/mol. The first-order valence-corrected chi connectivity index (χ1v) is 7.66. The fourth-order valence-electron chi connectivity index (χ4n) is 1.60. The second-order valence-electron chi connectivity index (χ2n) is 3.98. The van der Waals surface area contributed by atoms with E-state index in [1.165, 1.54) is 4.88 Å². The minimum absolute atomic E-state index is 0.0627. The average Bonchev–Trinajstić information content (AvgIpc) is 2.91. The Labute approximate surface area is 125 Å². The molecule has 4 heteroatoms. The van der Waals surface area contributed by atoms with E-state index in [1.807, 2.05) is 41.8 Å². The zero-order chi connectivity index (χ0) is 13.5. The van der Waals surface area contributed by atoms with Gasteiger partial charge in [0.15, 0.2) is 0 Å². The number of carbonyl (C=O) groups is 1. The summed E-state index contributed by atoms with van der Waals surface area (Å²) in [4.78, 5) is 12.9. The molecule has 2 nitrogen and oxygen atoms in total. The van der Waals surface area contributed by atoms with Crippen LogP contribution in [0, 0.1) is 0 Å². The summed E-state index contributed by atoms with van der Waals surface area (Å²) < 4.78 is 0.984. The zero-order valence-electron chi connectivity index (χ0n) is 10.3. The molecule has 1 amide bonds. The molecule has 0 aliphatic carbocycles. The first kappa shape index (κ1) is 14.0. The SMILES string of the molecule is O=C(C=Cc1ccccc1Br)NCCc1cccs1. The minimum atomic E-state index is -0.0627. The third-order valence-electron chi connectivity index (χ3n) is 2.57. The van der Waals surface area contributed by atoms with Crippen LogP contribution in [-0.4, -0.2) is 12.5 Å². The van der Waals surface area contributed by atoms with Crippen LogP contribution in [0.4, 0.5) is 0 Å². The van der Waals surface area contributed by atoms with Crippen LogP contribution in [0.3, 0.4) is 0 Å². The van der Waals surface area contributed by atoms with E-state index >= 15 is 0 Å². The number of nitrogens with one attached hydrogen (secondary N) is 1. The van der Waals surface area contributed by atoms with Gasteiger partial charge in [0.05, 0.1) is 0 Å². The Hall–Kier alpha value is -1.39. The summed E-state index contributed by atoms with van der Waals surface area (Å²) in [6, 6.07) is 11.9. The van der Waals surface area contributed by atoms with Crippen molar-refractivity contribution in [2.24, 2.45) is 0 Å². The molecule has 19 heavy (non-hydrogen) atoms. The van der Waals surface area contributed by atoms with Gasteiger partial charge in [-0.15, -0.1) is 11.3 Å². The minimum Gasteiger partial charge on any atom is -0.352 e. The van der Waals surface area contributed by atoms with E-state index in [9.17, 15) is 4.79 Å². The quantitative estimate of drug-likeness (QED) is 0.825. The maximum atomic E-state index is 11.6. The van der Waals surface area contributed by atoms with Gasteiger partial charge in [-0.2, -0.15) is 0 Å². The van der Waals surface area contributed by atoms with Gasteiger partial charge in [0.2, 0.25) is 5.91 Å². The predicted molar refractivity (Wildman–Crippen MR) is 84.2 cm³/mol. The van der Waals surface area contributed by atoms with E-state index in [4.69, 9.17) is 0 Å². The number of rotatable bonds is 5. The number of hydrogen-bond donors (Lipinski definition) is 1. The standard InChI is InChI=1S/C15H14BrNOS/c16-14-6-2-1-4-12(14)7-8-15(18)17-10-9-13-5-3-11-19-13/h1-8,11H,9-10H2,(H,17,18). The largest absolute Gasteiger partial charge is 0.352 e. The molecule has 0 saturated carbocycles. The van der Waals surface area contributed by atoms with Gasteiger partial charge in [-0.1, -0.05) is 40.2 Å². The molecule has 0 atom stereocenters. The number of carbonyl (C=O) groups excluding carboxylic acids is 1. The highest BCUT2D eigenvalue weighted by atomic mass is 79.9. The van der Waals surface area contributed by atoms with Gasteiger partial charge in [-0.3, -0.25) is 4.79 Å². The Balaban J connectivity index is 1.79. The normalized spacial score (nSPS) is 10.8. The summed E-state index contributed by atoms with van der Waals surface area (Å²) >= 11 is 5.15. The maximum Gasteiger partial charge on any atom is 0.244 e. The molecule has 0 fully saturated rings. The fraction of sp³-hybridized carbons (Fsp3) is 0.133. The molecule has 0 radical (unpaired) electrons. The van der Waals surface area contributed by atoms with E-state index in [2.05, 4.69) is 27.3 Å². The van der Waals surface area contributed by atoms with Gasteiger partial charge in [0.1, 0.15) is 0 Å². The molecule has 0 spiro atoms. The molecule has 0 bridgehead atoms. The molecule has 0 unspecified atom stereocenters. The molecule has 1 N–H and O–H groups in total. The first-order chi connectivity index (χ1) is 9.25. The van der Waals surface area contributed by atoms with Crippen molar-refractivity contribution in [2.45, 2.75) is 6.42 Å². The van der Waals surface area contributed by atoms with E-state index in [1.54, 1.807) is 17.4 Å². The summed E-state index contributed by atoms with van der Waals surface area (Å²) in [5.41, 5.74) is 0.996. The first-order valence-electron chi connectivity index (χ1n) is 5.98. The summed E-state index contributed by atoms with van der Waals surface area (Å²) in [7, 11) is 0. The van der Waals surface area contributed by atoms with Crippen LogP contribution in [0.15, 0.2) is 52.3 Å². The van der Waals surface area contributed by atoms with Crippen LogP contribution < -0.4 is 5.32 Å². The fourth-order valence-corrected chi connectivity index (χ4v) is 2.72. The van der Waals surface area contributed by atoms with Gasteiger partial charge in [0.25, 0.3) is 0 Å². The predicted octanol–water partition coefficient (Wildman–Crippen LogP) is 3.88. The van der Waals surface area contributed by atoms with Gasteiger partial charge >= 0.3 is 0 Å². The van der Waals surface area contributed by atoms with Crippen molar-refractivity contribution in [3.63, 3.8) is 0 Å². The second kappa shape index (κ2) is 7.26. The van der Waals surface area contributed by atoms with Crippen molar-refractivity contribution in [1.29, 1.82) is 0 Å². The molecule has 0 saturated heterocycles. The van der Waals surface area contributed by atoms with Crippen molar-refractivity contribution in [1.82, 2.24) is 5.32 Å². The molecule has 1 aromatic carbocycles. The molecule has 1 aromatic heterocycles. The molecular formula is C15H14BrNOS. The summed E-state index contributed by atoms with van der Waals surface area (Å²) in [5.74, 6) is -0.0627. The Morgan fingerprint density at radius 1 is 1.26 bits per heavy atom. The van der Waals surface area contributed by atoms with Crippen LogP contribution in [0.5, 0.6) is 0 Å². The highest BCUT2D eigenvalue weighted by Gasteiger charge is 1.98. The van der Waals surface area contributed by atoms with Gasteiger partial charge in [0, 0.05) is 22.0 Å². The van der Waals surface area contributed by atoms with Gasteiger partial charge < -0.3 is 5.32 Å². The number of amides is 1. The van der Waals surface area contributed by atoms with Crippen molar-refractivity contribution in [3.05, 3.63) is 62.8 Å². The Morgan fingerprint density at radius 3 is 2.84 bits per heavy atom. The van der Waals surface area contributed by atoms with E-state index in [0.717, 1.165) is 16.5 Å². The third-order valence-corrected chi connectivity index (χ3v) is 4.23. The molecular weight excluding hydrogens is 322 g/mol. The third kappa shape index (κ3) is 4.65. The Morgan fingerprint density at radius 2 is 2.11 bits per heavy atom. The lowest BCUT2D eigenvalue weighted by Gasteiger charge is -2.00. The zero-order valence-corrected chi connectivity index (χ0v) is 12.7. The van der Waals surface area contributed by atoms with Crippen molar-refractivity contribution in [3.8, 4) is 0 Å². The van der Waals surface area contributed by atoms with Crippen LogP contribution >= 0.6 is 27.3 Å². The van der Waals surface area contributed by atoms with E-state index < -0.39 is 0 Å². The Kier molecular flexibility index (Phi) is 5.36. The molecule has 2 aromatic rings. The van der Waals surface area contributed by atoms with Gasteiger partial charge in [-0.05, 0) is 35.6 Å². The van der Waals surface area contributed by atoms with E-state index in [-0.39, 0.29) is 5.91 Å². The van der Waals surface area contributed by atoms with E-state index in [0.29, 0.717) is 6.54 Å². The van der Waals surface area contributed by atoms with Crippen molar-refractivity contribution >= 4 is 39.2 Å². The smallest absolute Gasteiger partial charge is 0.244 e. The lowest BCUT2D eigenvalue weighted by atomic mass is 10.2. The highest BCUT2D eigenvalue weighted by Crippen LogP contribution is 2.16. The molecule has 0 aliphatic rings. The molecule has 2 rings (SSSR count). The number of thiophene rings is 1. The number of hydrogen-bond acceptors (Lipinski definition) is 2. The molecule has 1 heterocycles. The van der Waals surface area contributed by atoms with Crippen LogP contribution in [0.25, 0.3) is 6.08 Å².